The number of ether oxygens (including phenoxy) is 2. The van der Waals surface area contributed by atoms with E-state index in [2.05, 4.69) is 18.7 Å². The number of benzene rings is 2. The molecule has 0 radical (unpaired) electrons. The quantitative estimate of drug-likeness (QED) is 0.396. The van der Waals surface area contributed by atoms with Crippen molar-refractivity contribution >= 4 is 21.4 Å². The Labute approximate surface area is 189 Å². The summed E-state index contributed by atoms with van der Waals surface area (Å²) in [6.07, 6.45) is 6.06. The second-order valence-corrected chi connectivity index (χ2v) is 9.93. The Hall–Kier alpha value is -2.24. The van der Waals surface area contributed by atoms with Gasteiger partial charge in [-0.15, -0.1) is 11.3 Å². The Balaban J connectivity index is 1.42. The number of hydrogen-bond acceptors (Lipinski definition) is 5. The van der Waals surface area contributed by atoms with E-state index in [4.69, 9.17) is 9.47 Å². The maximum Gasteiger partial charge on any atom is 0.149 e. The summed E-state index contributed by atoms with van der Waals surface area (Å²) in [5.74, 6) is 3.53. The first kappa shape index (κ1) is 22.0. The summed E-state index contributed by atoms with van der Waals surface area (Å²) in [7, 11) is 0. The number of hydrogen-bond donors (Lipinski definition) is 1. The molecule has 4 nitrogen and oxygen atoms in total. The minimum Gasteiger partial charge on any atom is -0.508 e. The van der Waals surface area contributed by atoms with Crippen molar-refractivity contribution in [1.29, 1.82) is 0 Å². The summed E-state index contributed by atoms with van der Waals surface area (Å²) in [6.45, 7) is 8.58. The van der Waals surface area contributed by atoms with Crippen molar-refractivity contribution < 1.29 is 14.6 Å². The highest BCUT2D eigenvalue weighted by atomic mass is 32.1. The molecule has 0 atom stereocenters. The Morgan fingerprint density at radius 2 is 1.74 bits per heavy atom. The standard InChI is InChI=1S/C26H33NO3S/c1-19(2)6-13-24-26(23-12-7-20(28)18-25(23)31-24)30-22-10-8-21(9-11-22)29-17-16-27-14-4-3-5-15-27/h7-12,18-19,28H,3-6,13-17H2,1-2H3. The molecule has 3 aromatic rings. The minimum atomic E-state index is 0.293. The number of piperidine rings is 1. The highest BCUT2D eigenvalue weighted by molar-refractivity contribution is 7.19. The first-order valence-corrected chi connectivity index (χ1v) is 12.3. The first-order chi connectivity index (χ1) is 15.1. The van der Waals surface area contributed by atoms with E-state index in [1.165, 1.54) is 37.2 Å². The maximum atomic E-state index is 9.87. The molecule has 0 saturated carbocycles. The van der Waals surface area contributed by atoms with Gasteiger partial charge in [0.05, 0.1) is 0 Å². The lowest BCUT2D eigenvalue weighted by molar-refractivity contribution is 0.183. The smallest absolute Gasteiger partial charge is 0.149 e. The van der Waals surface area contributed by atoms with Crippen molar-refractivity contribution in [2.45, 2.75) is 46.0 Å². The van der Waals surface area contributed by atoms with Gasteiger partial charge in [0.15, 0.2) is 0 Å². The molecule has 1 aliphatic heterocycles. The highest BCUT2D eigenvalue weighted by Crippen LogP contribution is 2.42. The maximum absolute atomic E-state index is 9.87. The van der Waals surface area contributed by atoms with Gasteiger partial charge >= 0.3 is 0 Å². The Morgan fingerprint density at radius 1 is 1.00 bits per heavy atom. The third kappa shape index (κ3) is 5.92. The predicted octanol–water partition coefficient (Wildman–Crippen LogP) is 6.85. The van der Waals surface area contributed by atoms with E-state index in [9.17, 15) is 5.11 Å². The molecule has 5 heteroatoms. The zero-order valence-corrected chi connectivity index (χ0v) is 19.4. The van der Waals surface area contributed by atoms with Crippen LogP contribution in [0.1, 0.15) is 44.4 Å². The molecule has 0 spiro atoms. The molecule has 0 unspecified atom stereocenters. The molecule has 0 amide bonds. The van der Waals surface area contributed by atoms with Crippen LogP contribution in [0.5, 0.6) is 23.0 Å². The van der Waals surface area contributed by atoms with Crippen LogP contribution in [0.25, 0.3) is 10.1 Å². The molecule has 1 aliphatic rings. The van der Waals surface area contributed by atoms with Crippen LogP contribution in [0.2, 0.25) is 0 Å². The van der Waals surface area contributed by atoms with E-state index >= 15 is 0 Å². The van der Waals surface area contributed by atoms with Gasteiger partial charge in [-0.05, 0) is 87.2 Å². The number of phenolic OH excluding ortho intramolecular Hbond substituents is 1. The molecular formula is C26H33NO3S. The monoisotopic (exact) mass is 439 g/mol. The normalized spacial score (nSPS) is 14.9. The van der Waals surface area contributed by atoms with Gasteiger partial charge in [0.25, 0.3) is 0 Å². The van der Waals surface area contributed by atoms with Gasteiger partial charge in [-0.1, -0.05) is 20.3 Å². The third-order valence-electron chi connectivity index (χ3n) is 5.81. The Bertz CT molecular complexity index is 974. The molecular weight excluding hydrogens is 406 g/mol. The van der Waals surface area contributed by atoms with Crippen molar-refractivity contribution in [2.75, 3.05) is 26.2 Å². The van der Waals surface area contributed by atoms with E-state index in [0.717, 1.165) is 53.3 Å². The number of likely N-dealkylation sites (tertiary alicyclic amines) is 1. The summed E-state index contributed by atoms with van der Waals surface area (Å²) >= 11 is 1.71. The lowest BCUT2D eigenvalue weighted by Crippen LogP contribution is -2.33. The van der Waals surface area contributed by atoms with Crippen molar-refractivity contribution in [1.82, 2.24) is 4.90 Å². The second-order valence-electron chi connectivity index (χ2n) is 8.79. The fourth-order valence-corrected chi connectivity index (χ4v) is 5.19. The van der Waals surface area contributed by atoms with Gasteiger partial charge in [-0.25, -0.2) is 0 Å². The van der Waals surface area contributed by atoms with E-state index in [1.54, 1.807) is 17.4 Å². The van der Waals surface area contributed by atoms with E-state index in [-0.39, 0.29) is 0 Å². The SMILES string of the molecule is CC(C)CCc1sc2cc(O)ccc2c1Oc1ccc(OCCN2CCCCC2)cc1. The molecule has 166 valence electrons. The van der Waals surface area contributed by atoms with Crippen LogP contribution in [-0.4, -0.2) is 36.2 Å². The van der Waals surface area contributed by atoms with Crippen LogP contribution in [0.4, 0.5) is 0 Å². The van der Waals surface area contributed by atoms with Crippen LogP contribution >= 0.6 is 11.3 Å². The van der Waals surface area contributed by atoms with Crippen molar-refractivity contribution in [2.24, 2.45) is 5.92 Å². The van der Waals surface area contributed by atoms with Gasteiger partial charge in [0.1, 0.15) is 29.6 Å². The van der Waals surface area contributed by atoms with Crippen LogP contribution in [0, 0.1) is 5.92 Å². The number of aromatic hydroxyl groups is 1. The van der Waals surface area contributed by atoms with Crippen LogP contribution in [0.15, 0.2) is 42.5 Å². The summed E-state index contributed by atoms with van der Waals surface area (Å²) < 4.78 is 13.4. The van der Waals surface area contributed by atoms with E-state index in [0.29, 0.717) is 11.7 Å². The molecule has 1 saturated heterocycles. The van der Waals surface area contributed by atoms with E-state index < -0.39 is 0 Å². The van der Waals surface area contributed by atoms with Crippen LogP contribution < -0.4 is 9.47 Å². The van der Waals surface area contributed by atoms with Crippen molar-refractivity contribution in [3.8, 4) is 23.0 Å². The van der Waals surface area contributed by atoms with Crippen LogP contribution in [0.3, 0.4) is 0 Å². The summed E-state index contributed by atoms with van der Waals surface area (Å²) in [6, 6.07) is 13.4. The number of rotatable bonds is 9. The Kier molecular flexibility index (Phi) is 7.36. The topological polar surface area (TPSA) is 41.9 Å². The number of fused-ring (bicyclic) bond motifs is 1. The van der Waals surface area contributed by atoms with Gasteiger partial charge in [0, 0.05) is 21.5 Å². The third-order valence-corrected chi connectivity index (χ3v) is 7.01. The molecule has 0 aliphatic carbocycles. The number of aryl methyl sites for hydroxylation is 1. The second kappa shape index (κ2) is 10.4. The van der Waals surface area contributed by atoms with Crippen molar-refractivity contribution in [3.63, 3.8) is 0 Å². The first-order valence-electron chi connectivity index (χ1n) is 11.5. The average molecular weight is 440 g/mol. The van der Waals surface area contributed by atoms with E-state index in [1.807, 2.05) is 36.4 Å². The Morgan fingerprint density at radius 3 is 2.48 bits per heavy atom. The van der Waals surface area contributed by atoms with Gasteiger partial charge in [-0.3, -0.25) is 4.90 Å². The van der Waals surface area contributed by atoms with Gasteiger partial charge < -0.3 is 14.6 Å². The number of thiophene rings is 1. The lowest BCUT2D eigenvalue weighted by Gasteiger charge is -2.26. The summed E-state index contributed by atoms with van der Waals surface area (Å²) in [4.78, 5) is 3.72. The average Bonchev–Trinajstić information content (AvgIpc) is 3.10. The summed E-state index contributed by atoms with van der Waals surface area (Å²) in [5.41, 5.74) is 0. The number of phenols is 1. The molecule has 1 N–H and O–H groups in total. The molecule has 2 aromatic carbocycles. The largest absolute Gasteiger partial charge is 0.508 e. The molecule has 2 heterocycles. The predicted molar refractivity (Wildman–Crippen MR) is 129 cm³/mol. The van der Waals surface area contributed by atoms with Crippen LogP contribution in [-0.2, 0) is 6.42 Å². The van der Waals surface area contributed by atoms with Gasteiger partial charge in [-0.2, -0.15) is 0 Å². The fourth-order valence-electron chi connectivity index (χ4n) is 4.01. The molecule has 1 fully saturated rings. The number of nitrogens with zero attached hydrogens (tertiary/aromatic N) is 1. The van der Waals surface area contributed by atoms with Crippen molar-refractivity contribution in [3.05, 3.63) is 47.3 Å². The minimum absolute atomic E-state index is 0.293. The molecule has 4 rings (SSSR count). The van der Waals surface area contributed by atoms with Gasteiger partial charge in [0.2, 0.25) is 0 Å². The lowest BCUT2D eigenvalue weighted by atomic mass is 10.1. The zero-order chi connectivity index (χ0) is 21.6. The summed E-state index contributed by atoms with van der Waals surface area (Å²) in [5, 5.41) is 10.9. The molecule has 31 heavy (non-hydrogen) atoms. The molecule has 1 aromatic heterocycles. The fraction of sp³-hybridized carbons (Fsp3) is 0.462. The molecule has 0 bridgehead atoms. The highest BCUT2D eigenvalue weighted by Gasteiger charge is 2.16. The zero-order valence-electron chi connectivity index (χ0n) is 18.6.